The van der Waals surface area contributed by atoms with Crippen molar-refractivity contribution in [1.82, 2.24) is 10.2 Å². The van der Waals surface area contributed by atoms with Gasteiger partial charge in [0.2, 0.25) is 0 Å². The Balaban J connectivity index is 1.55. The lowest BCUT2D eigenvalue weighted by Crippen LogP contribution is -2.39. The van der Waals surface area contributed by atoms with Crippen LogP contribution >= 0.6 is 0 Å². The summed E-state index contributed by atoms with van der Waals surface area (Å²) in [4.78, 5) is 2.54. The molecule has 0 unspecified atom stereocenters. The summed E-state index contributed by atoms with van der Waals surface area (Å²) >= 11 is 0. The lowest BCUT2D eigenvalue weighted by Gasteiger charge is -2.27. The first-order valence-electron chi connectivity index (χ1n) is 8.79. The van der Waals surface area contributed by atoms with Crippen LogP contribution in [0, 0.1) is 11.8 Å². The molecule has 0 aromatic carbocycles. The molecule has 1 aliphatic carbocycles. The first kappa shape index (κ1) is 16.3. The number of hydrogen-bond donors (Lipinski definition) is 1. The Morgan fingerprint density at radius 2 is 2.00 bits per heavy atom. The van der Waals surface area contributed by atoms with Crippen molar-refractivity contribution in [2.24, 2.45) is 11.8 Å². The molecule has 0 bridgehead atoms. The molecule has 1 aliphatic heterocycles. The summed E-state index contributed by atoms with van der Waals surface area (Å²) in [5, 5.41) is 3.84. The molecule has 0 spiro atoms. The molecule has 1 N–H and O–H groups in total. The highest BCUT2D eigenvalue weighted by atomic mass is 16.5. The van der Waals surface area contributed by atoms with Crippen LogP contribution < -0.4 is 5.32 Å². The van der Waals surface area contributed by atoms with Crippen LogP contribution in [0.15, 0.2) is 0 Å². The number of hydrogen-bond acceptors (Lipinski definition) is 3. The first-order valence-corrected chi connectivity index (χ1v) is 8.79. The zero-order chi connectivity index (χ0) is 14.2. The van der Waals surface area contributed by atoms with Gasteiger partial charge in [0, 0.05) is 19.1 Å². The number of rotatable bonds is 8. The molecule has 3 nitrogen and oxygen atoms in total. The lowest BCUT2D eigenvalue weighted by atomic mass is 9.93. The SMILES string of the molecule is CC(C)CC[C@@H]1CCC[C@@H]1NCCCN1CCOCC1. The fourth-order valence-electron chi connectivity index (χ4n) is 3.61. The second-order valence-electron chi connectivity index (χ2n) is 7.03. The molecular weight excluding hydrogens is 248 g/mol. The van der Waals surface area contributed by atoms with Gasteiger partial charge in [-0.1, -0.05) is 26.7 Å². The highest BCUT2D eigenvalue weighted by molar-refractivity contribution is 4.83. The third kappa shape index (κ3) is 5.71. The number of ether oxygens (including phenoxy) is 1. The van der Waals surface area contributed by atoms with Gasteiger partial charge in [0.25, 0.3) is 0 Å². The van der Waals surface area contributed by atoms with Crippen molar-refractivity contribution in [2.45, 2.75) is 58.4 Å². The first-order chi connectivity index (χ1) is 9.75. The average Bonchev–Trinajstić information content (AvgIpc) is 2.90. The maximum Gasteiger partial charge on any atom is 0.0594 e. The van der Waals surface area contributed by atoms with Crippen LogP contribution in [0.3, 0.4) is 0 Å². The number of nitrogens with one attached hydrogen (secondary N) is 1. The molecule has 1 saturated carbocycles. The molecule has 3 heteroatoms. The predicted molar refractivity (Wildman–Crippen MR) is 85.1 cm³/mol. The summed E-state index contributed by atoms with van der Waals surface area (Å²) < 4.78 is 5.39. The summed E-state index contributed by atoms with van der Waals surface area (Å²) in [6.07, 6.45) is 8.40. The van der Waals surface area contributed by atoms with Gasteiger partial charge >= 0.3 is 0 Å². The highest BCUT2D eigenvalue weighted by Gasteiger charge is 2.26. The Morgan fingerprint density at radius 3 is 2.75 bits per heavy atom. The molecule has 2 atom stereocenters. The maximum atomic E-state index is 5.39. The second-order valence-corrected chi connectivity index (χ2v) is 7.03. The van der Waals surface area contributed by atoms with Gasteiger partial charge in [0.05, 0.1) is 13.2 Å². The molecule has 2 aliphatic rings. The fraction of sp³-hybridized carbons (Fsp3) is 1.00. The van der Waals surface area contributed by atoms with Gasteiger partial charge in [-0.15, -0.1) is 0 Å². The van der Waals surface area contributed by atoms with Crippen molar-refractivity contribution in [3.05, 3.63) is 0 Å². The van der Waals surface area contributed by atoms with Crippen molar-refractivity contribution in [3.63, 3.8) is 0 Å². The normalized spacial score (nSPS) is 28.4. The van der Waals surface area contributed by atoms with Crippen LogP contribution in [0.25, 0.3) is 0 Å². The molecule has 0 aromatic rings. The van der Waals surface area contributed by atoms with E-state index in [9.17, 15) is 0 Å². The molecule has 1 heterocycles. The summed E-state index contributed by atoms with van der Waals surface area (Å²) in [6.45, 7) is 11.2. The van der Waals surface area contributed by atoms with E-state index in [2.05, 4.69) is 24.1 Å². The van der Waals surface area contributed by atoms with E-state index in [1.807, 2.05) is 0 Å². The van der Waals surface area contributed by atoms with Crippen LogP contribution in [-0.2, 0) is 4.74 Å². The van der Waals surface area contributed by atoms with Crippen LogP contribution in [0.4, 0.5) is 0 Å². The number of morpholine rings is 1. The van der Waals surface area contributed by atoms with E-state index in [0.29, 0.717) is 0 Å². The van der Waals surface area contributed by atoms with Crippen molar-refractivity contribution >= 4 is 0 Å². The molecule has 0 aromatic heterocycles. The minimum atomic E-state index is 0.804. The van der Waals surface area contributed by atoms with Gasteiger partial charge in [-0.2, -0.15) is 0 Å². The monoisotopic (exact) mass is 282 g/mol. The van der Waals surface area contributed by atoms with Crippen molar-refractivity contribution < 1.29 is 4.74 Å². The van der Waals surface area contributed by atoms with Gasteiger partial charge in [0.15, 0.2) is 0 Å². The Bertz CT molecular complexity index is 251. The Morgan fingerprint density at radius 1 is 1.20 bits per heavy atom. The van der Waals surface area contributed by atoms with E-state index in [-0.39, 0.29) is 0 Å². The van der Waals surface area contributed by atoms with Crippen LogP contribution in [0.2, 0.25) is 0 Å². The van der Waals surface area contributed by atoms with Crippen LogP contribution in [-0.4, -0.2) is 50.3 Å². The summed E-state index contributed by atoms with van der Waals surface area (Å²) in [5.41, 5.74) is 0. The van der Waals surface area contributed by atoms with Crippen molar-refractivity contribution in [3.8, 4) is 0 Å². The fourth-order valence-corrected chi connectivity index (χ4v) is 3.61. The topological polar surface area (TPSA) is 24.5 Å². The summed E-state index contributed by atoms with van der Waals surface area (Å²) in [5.74, 6) is 1.80. The van der Waals surface area contributed by atoms with Crippen molar-refractivity contribution in [1.29, 1.82) is 0 Å². The average molecular weight is 282 g/mol. The van der Waals surface area contributed by atoms with Gasteiger partial charge in [0.1, 0.15) is 0 Å². The molecule has 118 valence electrons. The summed E-state index contributed by atoms with van der Waals surface area (Å²) in [6, 6.07) is 0.804. The van der Waals surface area contributed by atoms with Crippen LogP contribution in [0.5, 0.6) is 0 Å². The van der Waals surface area contributed by atoms with Gasteiger partial charge < -0.3 is 10.1 Å². The predicted octanol–water partition coefficient (Wildman–Crippen LogP) is 2.90. The third-order valence-corrected chi connectivity index (χ3v) is 4.94. The zero-order valence-electron chi connectivity index (χ0n) is 13.6. The van der Waals surface area contributed by atoms with Gasteiger partial charge in [-0.05, 0) is 50.6 Å². The lowest BCUT2D eigenvalue weighted by molar-refractivity contribution is 0.0373. The Labute approximate surface area is 125 Å². The molecule has 0 amide bonds. The molecular formula is C17H34N2O. The summed E-state index contributed by atoms with van der Waals surface area (Å²) in [7, 11) is 0. The minimum Gasteiger partial charge on any atom is -0.379 e. The van der Waals surface area contributed by atoms with E-state index in [0.717, 1.165) is 44.2 Å². The quantitative estimate of drug-likeness (QED) is 0.693. The van der Waals surface area contributed by atoms with Crippen molar-refractivity contribution in [2.75, 3.05) is 39.4 Å². The smallest absolute Gasteiger partial charge is 0.0594 e. The third-order valence-electron chi connectivity index (χ3n) is 4.94. The van der Waals surface area contributed by atoms with E-state index < -0.39 is 0 Å². The van der Waals surface area contributed by atoms with E-state index in [1.54, 1.807) is 0 Å². The number of nitrogens with zero attached hydrogens (tertiary/aromatic N) is 1. The van der Waals surface area contributed by atoms with E-state index >= 15 is 0 Å². The minimum absolute atomic E-state index is 0.804. The maximum absolute atomic E-state index is 5.39. The molecule has 20 heavy (non-hydrogen) atoms. The molecule has 0 radical (unpaired) electrons. The van der Waals surface area contributed by atoms with Gasteiger partial charge in [-0.3, -0.25) is 4.90 Å². The zero-order valence-corrected chi connectivity index (χ0v) is 13.6. The molecule has 2 fully saturated rings. The van der Waals surface area contributed by atoms with Crippen LogP contribution in [0.1, 0.15) is 52.4 Å². The van der Waals surface area contributed by atoms with E-state index in [4.69, 9.17) is 4.74 Å². The van der Waals surface area contributed by atoms with Gasteiger partial charge in [-0.25, -0.2) is 0 Å². The standard InChI is InChI=1S/C17H34N2O/c1-15(2)7-8-16-5-3-6-17(16)18-9-4-10-19-11-13-20-14-12-19/h15-18H,3-14H2,1-2H3/t16-,17-/m0/s1. The highest BCUT2D eigenvalue weighted by Crippen LogP contribution is 2.30. The second kappa shape index (κ2) is 9.01. The van der Waals surface area contributed by atoms with E-state index in [1.165, 1.54) is 51.6 Å². The largest absolute Gasteiger partial charge is 0.379 e. The Hall–Kier alpha value is -0.120. The molecule has 2 rings (SSSR count). The Kier molecular flexibility index (Phi) is 7.32. The molecule has 1 saturated heterocycles.